The highest BCUT2D eigenvalue weighted by Crippen LogP contribution is 2.12. The van der Waals surface area contributed by atoms with Gasteiger partial charge in [0.1, 0.15) is 11.6 Å². The molecular weight excluding hydrogens is 372 g/mol. The van der Waals surface area contributed by atoms with Crippen LogP contribution in [0.3, 0.4) is 0 Å². The van der Waals surface area contributed by atoms with Gasteiger partial charge in [0.05, 0.1) is 0 Å². The molecule has 0 aliphatic carbocycles. The Hall–Kier alpha value is -1.63. The van der Waals surface area contributed by atoms with E-state index in [4.69, 9.17) is 4.42 Å². The van der Waals surface area contributed by atoms with E-state index < -0.39 is 0 Å². The average molecular weight is 385 g/mol. The monoisotopic (exact) mass is 385 g/mol. The van der Waals surface area contributed by atoms with Gasteiger partial charge in [-0.3, -0.25) is 4.79 Å². The van der Waals surface area contributed by atoms with Gasteiger partial charge in [0, 0.05) is 19.7 Å². The van der Waals surface area contributed by atoms with Crippen LogP contribution < -0.4 is 0 Å². The molecule has 0 N–H and O–H groups in total. The summed E-state index contributed by atoms with van der Waals surface area (Å²) in [6.07, 6.45) is 3.09. The molecule has 1 amide bonds. The van der Waals surface area contributed by atoms with Crippen LogP contribution in [0.2, 0.25) is 0 Å². The molecular formula is C15H13FINO2. The molecule has 1 aromatic heterocycles. The Labute approximate surface area is 130 Å². The molecule has 0 fully saturated rings. The van der Waals surface area contributed by atoms with Gasteiger partial charge in [-0.2, -0.15) is 0 Å². The van der Waals surface area contributed by atoms with Crippen LogP contribution in [0.25, 0.3) is 6.08 Å². The lowest BCUT2D eigenvalue weighted by molar-refractivity contribution is -0.125. The molecule has 20 heavy (non-hydrogen) atoms. The van der Waals surface area contributed by atoms with Crippen molar-refractivity contribution < 1.29 is 13.6 Å². The zero-order valence-corrected chi connectivity index (χ0v) is 13.0. The molecule has 0 atom stereocenters. The van der Waals surface area contributed by atoms with Crippen LogP contribution in [0.15, 0.2) is 46.9 Å². The van der Waals surface area contributed by atoms with Crippen molar-refractivity contribution in [3.8, 4) is 0 Å². The summed E-state index contributed by atoms with van der Waals surface area (Å²) < 4.78 is 18.9. The van der Waals surface area contributed by atoms with Crippen molar-refractivity contribution in [3.05, 3.63) is 63.4 Å². The fourth-order valence-corrected chi connectivity index (χ4v) is 2.07. The average Bonchev–Trinajstić information content (AvgIpc) is 2.84. The summed E-state index contributed by atoms with van der Waals surface area (Å²) in [6.45, 7) is 0.430. The van der Waals surface area contributed by atoms with Crippen LogP contribution in [-0.2, 0) is 11.3 Å². The Morgan fingerprint density at radius 3 is 2.60 bits per heavy atom. The predicted octanol–water partition coefficient (Wildman–Crippen LogP) is 3.70. The molecule has 0 aliphatic heterocycles. The van der Waals surface area contributed by atoms with Crippen molar-refractivity contribution >= 4 is 34.6 Å². The number of benzene rings is 1. The molecule has 5 heteroatoms. The molecule has 2 rings (SSSR count). The maximum absolute atomic E-state index is 12.8. The maximum Gasteiger partial charge on any atom is 0.246 e. The van der Waals surface area contributed by atoms with E-state index in [1.165, 1.54) is 18.2 Å². The first-order valence-corrected chi connectivity index (χ1v) is 7.05. The summed E-state index contributed by atoms with van der Waals surface area (Å²) in [7, 11) is 1.70. The number of halogens is 2. The van der Waals surface area contributed by atoms with Crippen molar-refractivity contribution in [1.29, 1.82) is 0 Å². The first-order valence-electron chi connectivity index (χ1n) is 5.97. The second-order valence-electron chi connectivity index (χ2n) is 4.30. The van der Waals surface area contributed by atoms with Crippen molar-refractivity contribution in [2.45, 2.75) is 6.54 Å². The van der Waals surface area contributed by atoms with Gasteiger partial charge in [-0.1, -0.05) is 12.1 Å². The van der Waals surface area contributed by atoms with Crippen LogP contribution in [0, 0.1) is 9.58 Å². The fourth-order valence-electron chi connectivity index (χ4n) is 1.64. The third-order valence-corrected chi connectivity index (χ3v) is 3.27. The zero-order valence-electron chi connectivity index (χ0n) is 10.8. The minimum atomic E-state index is -0.282. The van der Waals surface area contributed by atoms with Gasteiger partial charge < -0.3 is 9.32 Å². The molecule has 0 unspecified atom stereocenters. The smallest absolute Gasteiger partial charge is 0.246 e. The molecule has 1 heterocycles. The maximum atomic E-state index is 12.8. The second-order valence-corrected chi connectivity index (χ2v) is 5.36. The summed E-state index contributed by atoms with van der Waals surface area (Å²) in [6, 6.07) is 9.72. The Kier molecular flexibility index (Phi) is 4.94. The molecule has 1 aromatic carbocycles. The third kappa shape index (κ3) is 4.19. The normalized spacial score (nSPS) is 10.9. The van der Waals surface area contributed by atoms with Crippen molar-refractivity contribution in [2.75, 3.05) is 7.05 Å². The Balaban J connectivity index is 1.95. The number of carbonyl (C=O) groups excluding carboxylic acids is 1. The number of nitrogens with zero attached hydrogens (tertiary/aromatic N) is 1. The van der Waals surface area contributed by atoms with Gasteiger partial charge in [-0.25, -0.2) is 4.39 Å². The van der Waals surface area contributed by atoms with Crippen LogP contribution in [0.1, 0.15) is 11.3 Å². The van der Waals surface area contributed by atoms with E-state index in [0.717, 1.165) is 9.33 Å². The predicted molar refractivity (Wildman–Crippen MR) is 83.3 cm³/mol. The number of carbonyl (C=O) groups is 1. The number of rotatable bonds is 4. The Morgan fingerprint density at radius 1 is 1.30 bits per heavy atom. The highest BCUT2D eigenvalue weighted by Gasteiger charge is 2.06. The number of furan rings is 1. The summed E-state index contributed by atoms with van der Waals surface area (Å²) in [5.41, 5.74) is 0.878. The van der Waals surface area contributed by atoms with E-state index in [2.05, 4.69) is 22.6 Å². The minimum absolute atomic E-state index is 0.138. The number of amides is 1. The number of likely N-dealkylation sites (N-methyl/N-ethyl adjacent to an activating group) is 1. The first kappa shape index (κ1) is 14.8. The molecule has 0 saturated heterocycles. The largest absolute Gasteiger partial charge is 0.451 e. The summed E-state index contributed by atoms with van der Waals surface area (Å²) >= 11 is 2.06. The molecule has 0 aliphatic rings. The highest BCUT2D eigenvalue weighted by molar-refractivity contribution is 14.1. The van der Waals surface area contributed by atoms with Gasteiger partial charge in [0.2, 0.25) is 5.91 Å². The fraction of sp³-hybridized carbons (Fsp3) is 0.133. The molecule has 0 bridgehead atoms. The van der Waals surface area contributed by atoms with Gasteiger partial charge in [-0.05, 0) is 58.5 Å². The van der Waals surface area contributed by atoms with Crippen LogP contribution >= 0.6 is 22.6 Å². The summed E-state index contributed by atoms with van der Waals surface area (Å²) in [5.74, 6) is 0.216. The lowest BCUT2D eigenvalue weighted by Gasteiger charge is -2.14. The second kappa shape index (κ2) is 6.69. The van der Waals surface area contributed by atoms with Gasteiger partial charge in [0.25, 0.3) is 0 Å². The highest BCUT2D eigenvalue weighted by atomic mass is 127. The van der Waals surface area contributed by atoms with E-state index in [1.54, 1.807) is 36.2 Å². The quantitative estimate of drug-likeness (QED) is 0.594. The zero-order chi connectivity index (χ0) is 14.5. The van der Waals surface area contributed by atoms with Gasteiger partial charge >= 0.3 is 0 Å². The van der Waals surface area contributed by atoms with Gasteiger partial charge in [0.15, 0.2) is 3.77 Å². The molecule has 104 valence electrons. The SMILES string of the molecule is CN(Cc1ccc(F)cc1)C(=O)/C=C/c1ccc(I)o1. The van der Waals surface area contributed by atoms with Crippen molar-refractivity contribution in [2.24, 2.45) is 0 Å². The van der Waals surface area contributed by atoms with Gasteiger partial charge in [-0.15, -0.1) is 0 Å². The standard InChI is InChI=1S/C15H13FINO2/c1-18(10-11-2-4-12(16)5-3-11)15(19)9-7-13-6-8-14(17)20-13/h2-9H,10H2,1H3/b9-7+. The summed E-state index contributed by atoms with van der Waals surface area (Å²) in [4.78, 5) is 13.5. The van der Waals surface area contributed by atoms with Crippen LogP contribution in [0.4, 0.5) is 4.39 Å². The first-order chi connectivity index (χ1) is 9.54. The topological polar surface area (TPSA) is 33.5 Å². The molecule has 3 nitrogen and oxygen atoms in total. The summed E-state index contributed by atoms with van der Waals surface area (Å²) in [5, 5.41) is 0. The molecule has 0 spiro atoms. The molecule has 2 aromatic rings. The Bertz CT molecular complexity index is 619. The van der Waals surface area contributed by atoms with E-state index in [-0.39, 0.29) is 11.7 Å². The van der Waals surface area contributed by atoms with E-state index in [9.17, 15) is 9.18 Å². The Morgan fingerprint density at radius 2 is 2.00 bits per heavy atom. The van der Waals surface area contributed by atoms with E-state index in [1.807, 2.05) is 6.07 Å². The lowest BCUT2D eigenvalue weighted by Crippen LogP contribution is -2.24. The third-order valence-electron chi connectivity index (χ3n) is 2.69. The minimum Gasteiger partial charge on any atom is -0.451 e. The molecule has 0 radical (unpaired) electrons. The van der Waals surface area contributed by atoms with Crippen molar-refractivity contribution in [1.82, 2.24) is 4.90 Å². The van der Waals surface area contributed by atoms with Crippen molar-refractivity contribution in [3.63, 3.8) is 0 Å². The lowest BCUT2D eigenvalue weighted by atomic mass is 10.2. The number of hydrogen-bond donors (Lipinski definition) is 0. The molecule has 0 saturated carbocycles. The van der Waals surface area contributed by atoms with Crippen LogP contribution in [-0.4, -0.2) is 17.9 Å². The number of hydrogen-bond acceptors (Lipinski definition) is 2. The van der Waals surface area contributed by atoms with E-state index in [0.29, 0.717) is 12.3 Å². The van der Waals surface area contributed by atoms with Crippen LogP contribution in [0.5, 0.6) is 0 Å². The van der Waals surface area contributed by atoms with E-state index >= 15 is 0 Å².